The molecule has 6 atom stereocenters. The third kappa shape index (κ3) is 9.62. The lowest BCUT2D eigenvalue weighted by molar-refractivity contribution is -0.146. The fraction of sp³-hybridized carbons (Fsp3) is 0.800. The van der Waals surface area contributed by atoms with Crippen LogP contribution in [0.5, 0.6) is 0 Å². The van der Waals surface area contributed by atoms with E-state index in [-0.39, 0.29) is 42.5 Å². The van der Waals surface area contributed by atoms with Gasteiger partial charge in [-0.2, -0.15) is 4.31 Å². The second kappa shape index (κ2) is 15.5. The lowest BCUT2D eigenvalue weighted by Gasteiger charge is -2.49. The Morgan fingerprint density at radius 1 is 1.00 bits per heavy atom. The number of nitrogens with zero attached hydrogens (tertiary/aromatic N) is 2. The van der Waals surface area contributed by atoms with Crippen LogP contribution in [0.1, 0.15) is 94.4 Å². The van der Waals surface area contributed by atoms with Gasteiger partial charge in [0.25, 0.3) is 5.91 Å². The van der Waals surface area contributed by atoms with E-state index in [0.29, 0.717) is 25.9 Å². The van der Waals surface area contributed by atoms with Gasteiger partial charge in [0.15, 0.2) is 0 Å². The van der Waals surface area contributed by atoms with Crippen molar-refractivity contribution in [2.45, 2.75) is 119 Å². The molecule has 0 radical (unpaired) electrons. The molecule has 2 heterocycles. The first-order valence-corrected chi connectivity index (χ1v) is 19.2. The fourth-order valence-electron chi connectivity index (χ4n) is 7.50. The first kappa shape index (κ1) is 40.4. The van der Waals surface area contributed by atoms with Gasteiger partial charge in [-0.3, -0.25) is 19.2 Å². The number of fused-ring (bicyclic) bond motifs is 1. The SMILES string of the molecule is C=CCNC(=O)C(=O)C(CCCC)NC(=O)[C@@H]1[C@@H]2[C@H](CN1C(=O)[C@@H](NC(=O)N[C@H](CN1CCCS1(=O)=O)C(C)(C)C)C(C)(C)C)CC2(C)C. The Morgan fingerprint density at radius 2 is 1.65 bits per heavy atom. The molecule has 4 N–H and O–H groups in total. The Labute approximate surface area is 293 Å². The fourth-order valence-corrected chi connectivity index (χ4v) is 9.03. The zero-order chi connectivity index (χ0) is 37.1. The summed E-state index contributed by atoms with van der Waals surface area (Å²) in [6.07, 6.45) is 4.46. The molecule has 5 amide bonds. The number of Topliss-reactive ketones (excluding diaryl/α,β-unsaturated/α-hetero) is 1. The molecule has 3 aliphatic rings. The maximum absolute atomic E-state index is 14.5. The van der Waals surface area contributed by atoms with Crippen molar-refractivity contribution in [1.29, 1.82) is 0 Å². The molecule has 1 saturated carbocycles. The molecule has 1 unspecified atom stereocenters. The van der Waals surface area contributed by atoms with Gasteiger partial charge in [0.1, 0.15) is 12.1 Å². The van der Waals surface area contributed by atoms with Crippen molar-refractivity contribution in [3.8, 4) is 0 Å². The van der Waals surface area contributed by atoms with Gasteiger partial charge < -0.3 is 26.2 Å². The van der Waals surface area contributed by atoms with Crippen LogP contribution in [0, 0.1) is 28.1 Å². The number of carbonyl (C=O) groups is 5. The van der Waals surface area contributed by atoms with E-state index in [1.165, 1.54) is 10.4 Å². The number of carbonyl (C=O) groups excluding carboxylic acids is 5. The van der Waals surface area contributed by atoms with Crippen molar-refractivity contribution >= 4 is 39.6 Å². The Kier molecular flexibility index (Phi) is 12.8. The molecule has 49 heavy (non-hydrogen) atoms. The number of urea groups is 1. The summed E-state index contributed by atoms with van der Waals surface area (Å²) in [6.45, 7) is 21.8. The van der Waals surface area contributed by atoms with Crippen LogP contribution in [-0.4, -0.2) is 103 Å². The number of hydrogen-bond acceptors (Lipinski definition) is 7. The molecule has 13 nitrogen and oxygen atoms in total. The summed E-state index contributed by atoms with van der Waals surface area (Å²) in [5.74, 6) is -2.48. The van der Waals surface area contributed by atoms with E-state index in [9.17, 15) is 32.4 Å². The zero-order valence-electron chi connectivity index (χ0n) is 31.0. The molecule has 14 heteroatoms. The van der Waals surface area contributed by atoms with Crippen molar-refractivity contribution < 1.29 is 32.4 Å². The number of nitrogens with one attached hydrogen (secondary N) is 4. The highest BCUT2D eigenvalue weighted by atomic mass is 32.2. The Balaban J connectivity index is 1.86. The van der Waals surface area contributed by atoms with Gasteiger partial charge in [-0.15, -0.1) is 6.58 Å². The number of ketones is 1. The van der Waals surface area contributed by atoms with Gasteiger partial charge >= 0.3 is 6.03 Å². The van der Waals surface area contributed by atoms with Gasteiger partial charge in [0, 0.05) is 32.2 Å². The van der Waals surface area contributed by atoms with Crippen LogP contribution in [0.3, 0.4) is 0 Å². The number of sulfonamides is 1. The van der Waals surface area contributed by atoms with Crippen molar-refractivity contribution in [2.24, 2.45) is 28.1 Å². The summed E-state index contributed by atoms with van der Waals surface area (Å²) >= 11 is 0. The standard InChI is InChI=1S/C35H60N6O7S/c1-11-13-15-23(27(42)30(44)36-16-12-2)37-29(43)26-25-22(19-35(25,9)10)20-41(26)31(45)28(34(6,7)8)39-32(46)38-24(33(3,4)5)21-40-17-14-18-49(40,47)48/h12,22-26,28H,2,11,13-21H2,1,3-10H3,(H,36,44)(H,37,43)(H2,38,39,46)/t22-,23?,24+,25-,26-,28+/m0/s1. The van der Waals surface area contributed by atoms with Crippen LogP contribution in [0.2, 0.25) is 0 Å². The number of hydrogen-bond donors (Lipinski definition) is 4. The molecular formula is C35H60N6O7S. The van der Waals surface area contributed by atoms with Gasteiger partial charge in [-0.1, -0.05) is 81.2 Å². The summed E-state index contributed by atoms with van der Waals surface area (Å²) < 4.78 is 26.5. The largest absolute Gasteiger partial charge is 0.346 e. The molecular weight excluding hydrogens is 648 g/mol. The zero-order valence-corrected chi connectivity index (χ0v) is 31.8. The van der Waals surface area contributed by atoms with Crippen LogP contribution in [-0.2, 0) is 29.2 Å². The number of amides is 5. The minimum atomic E-state index is -3.39. The van der Waals surface area contributed by atoms with E-state index in [0.717, 1.165) is 12.8 Å². The minimum Gasteiger partial charge on any atom is -0.346 e. The van der Waals surface area contributed by atoms with Crippen molar-refractivity contribution in [3.63, 3.8) is 0 Å². The molecule has 2 saturated heterocycles. The van der Waals surface area contributed by atoms with Crippen molar-refractivity contribution in [2.75, 3.05) is 31.9 Å². The lowest BCUT2D eigenvalue weighted by atomic mass is 9.55. The molecule has 3 fully saturated rings. The first-order valence-electron chi connectivity index (χ1n) is 17.6. The van der Waals surface area contributed by atoms with Crippen molar-refractivity contribution in [3.05, 3.63) is 12.7 Å². The van der Waals surface area contributed by atoms with E-state index >= 15 is 0 Å². The average molecular weight is 709 g/mol. The second-order valence-electron chi connectivity index (χ2n) is 16.8. The average Bonchev–Trinajstić information content (AvgIpc) is 3.50. The minimum absolute atomic E-state index is 0.0671. The van der Waals surface area contributed by atoms with E-state index in [1.54, 1.807) is 4.90 Å². The summed E-state index contributed by atoms with van der Waals surface area (Å²) in [5, 5.41) is 11.2. The molecule has 0 aromatic carbocycles. The smallest absolute Gasteiger partial charge is 0.315 e. The Hall–Kier alpha value is -3.00. The third-order valence-electron chi connectivity index (χ3n) is 10.3. The Morgan fingerprint density at radius 3 is 2.16 bits per heavy atom. The van der Waals surface area contributed by atoms with Gasteiger partial charge in [0.05, 0.1) is 11.8 Å². The lowest BCUT2D eigenvalue weighted by Crippen LogP contribution is -2.63. The van der Waals surface area contributed by atoms with Gasteiger partial charge in [-0.05, 0) is 47.3 Å². The number of unbranched alkanes of at least 4 members (excludes halogenated alkanes) is 1. The van der Waals surface area contributed by atoms with E-state index in [2.05, 4.69) is 41.7 Å². The van der Waals surface area contributed by atoms with Gasteiger partial charge in [-0.25, -0.2) is 13.2 Å². The highest BCUT2D eigenvalue weighted by Gasteiger charge is 2.61. The maximum atomic E-state index is 14.5. The highest BCUT2D eigenvalue weighted by Crippen LogP contribution is 2.57. The van der Waals surface area contributed by atoms with E-state index < -0.39 is 74.6 Å². The summed E-state index contributed by atoms with van der Waals surface area (Å²) in [5.41, 5.74) is -1.50. The van der Waals surface area contributed by atoms with Gasteiger partial charge in [0.2, 0.25) is 27.6 Å². The predicted molar refractivity (Wildman–Crippen MR) is 189 cm³/mol. The number of likely N-dealkylation sites (tertiary alicyclic amines) is 1. The number of rotatable bonds is 14. The van der Waals surface area contributed by atoms with E-state index in [1.807, 2.05) is 48.5 Å². The van der Waals surface area contributed by atoms with Crippen LogP contribution in [0.15, 0.2) is 12.7 Å². The predicted octanol–water partition coefficient (Wildman–Crippen LogP) is 2.57. The van der Waals surface area contributed by atoms with Crippen LogP contribution in [0.4, 0.5) is 4.79 Å². The quantitative estimate of drug-likeness (QED) is 0.159. The van der Waals surface area contributed by atoms with Crippen LogP contribution >= 0.6 is 0 Å². The van der Waals surface area contributed by atoms with E-state index in [4.69, 9.17) is 0 Å². The third-order valence-corrected chi connectivity index (χ3v) is 12.2. The Bertz CT molecular complexity index is 1380. The molecule has 3 rings (SSSR count). The topological polar surface area (TPSA) is 174 Å². The molecule has 278 valence electrons. The highest BCUT2D eigenvalue weighted by molar-refractivity contribution is 7.89. The molecule has 0 aromatic heterocycles. The second-order valence-corrected chi connectivity index (χ2v) is 18.9. The first-order chi connectivity index (χ1) is 22.5. The molecule has 0 bridgehead atoms. The summed E-state index contributed by atoms with van der Waals surface area (Å²) in [6, 6.07) is -4.12. The summed E-state index contributed by atoms with van der Waals surface area (Å²) in [7, 11) is -3.39. The molecule has 0 aromatic rings. The molecule has 2 aliphatic heterocycles. The molecule has 1 aliphatic carbocycles. The van der Waals surface area contributed by atoms with Crippen LogP contribution in [0.25, 0.3) is 0 Å². The van der Waals surface area contributed by atoms with Crippen LogP contribution < -0.4 is 21.3 Å². The van der Waals surface area contributed by atoms with Crippen molar-refractivity contribution in [1.82, 2.24) is 30.5 Å². The normalized spacial score (nSPS) is 24.8. The molecule has 0 spiro atoms. The summed E-state index contributed by atoms with van der Waals surface area (Å²) in [4.78, 5) is 69.5. The maximum Gasteiger partial charge on any atom is 0.315 e. The monoisotopic (exact) mass is 708 g/mol.